The van der Waals surface area contributed by atoms with Gasteiger partial charge < -0.3 is 4.74 Å². The quantitative estimate of drug-likeness (QED) is 0.449. The van der Waals surface area contributed by atoms with Crippen molar-refractivity contribution in [3.63, 3.8) is 0 Å². The Morgan fingerprint density at radius 3 is 2.37 bits per heavy atom. The van der Waals surface area contributed by atoms with E-state index in [1.807, 2.05) is 0 Å². The second kappa shape index (κ2) is 9.55. The second-order valence-corrected chi connectivity index (χ2v) is 5.12. The van der Waals surface area contributed by atoms with Crippen molar-refractivity contribution >= 4 is 11.8 Å². The van der Waals surface area contributed by atoms with Crippen molar-refractivity contribution in [2.24, 2.45) is 0 Å². The molecule has 0 saturated carbocycles. The van der Waals surface area contributed by atoms with Crippen molar-refractivity contribution in [2.75, 3.05) is 0 Å². The normalized spacial score (nSPS) is 18.1. The molecule has 0 spiro atoms. The predicted molar refractivity (Wildman–Crippen MR) is 71.3 cm³/mol. The van der Waals surface area contributed by atoms with Crippen LogP contribution in [-0.2, 0) is 14.3 Å². The van der Waals surface area contributed by atoms with Gasteiger partial charge in [-0.2, -0.15) is 5.26 Å². The Balaban J connectivity index is 1.89. The average molecular weight is 265 g/mol. The highest BCUT2D eigenvalue weighted by Gasteiger charge is 2.28. The van der Waals surface area contributed by atoms with Crippen molar-refractivity contribution in [2.45, 2.75) is 76.7 Å². The summed E-state index contributed by atoms with van der Waals surface area (Å²) in [6, 6.07) is 2.15. The molecule has 1 atom stereocenters. The minimum absolute atomic E-state index is 0.0832. The first kappa shape index (κ1) is 15.7. The molecule has 0 aromatic rings. The van der Waals surface area contributed by atoms with E-state index in [9.17, 15) is 9.59 Å². The second-order valence-electron chi connectivity index (χ2n) is 5.12. The van der Waals surface area contributed by atoms with E-state index < -0.39 is 6.10 Å². The van der Waals surface area contributed by atoms with Crippen LogP contribution in [-0.4, -0.2) is 17.9 Å². The monoisotopic (exact) mass is 265 g/mol. The molecule has 0 amide bonds. The Morgan fingerprint density at radius 1 is 1.16 bits per heavy atom. The molecular weight excluding hydrogens is 242 g/mol. The lowest BCUT2D eigenvalue weighted by atomic mass is 10.0. The Morgan fingerprint density at radius 2 is 1.79 bits per heavy atom. The minimum atomic E-state index is -0.460. The van der Waals surface area contributed by atoms with Gasteiger partial charge in [0.25, 0.3) is 0 Å². The molecule has 1 saturated heterocycles. The molecule has 106 valence electrons. The lowest BCUT2D eigenvalue weighted by Crippen LogP contribution is -2.19. The van der Waals surface area contributed by atoms with Gasteiger partial charge in [-0.1, -0.05) is 32.1 Å². The van der Waals surface area contributed by atoms with E-state index in [4.69, 9.17) is 10.00 Å². The first-order valence-electron chi connectivity index (χ1n) is 7.33. The number of carbonyl (C=O) groups excluding carboxylic acids is 2. The topological polar surface area (TPSA) is 67.2 Å². The third-order valence-corrected chi connectivity index (χ3v) is 3.46. The first-order valence-corrected chi connectivity index (χ1v) is 7.33. The molecule has 1 aliphatic rings. The van der Waals surface area contributed by atoms with Crippen LogP contribution in [0.1, 0.15) is 70.6 Å². The van der Waals surface area contributed by atoms with Gasteiger partial charge in [-0.05, 0) is 12.8 Å². The van der Waals surface area contributed by atoms with Crippen LogP contribution in [0.15, 0.2) is 0 Å². The van der Waals surface area contributed by atoms with E-state index in [1.165, 1.54) is 12.8 Å². The molecule has 1 heterocycles. The Labute approximate surface area is 115 Å². The van der Waals surface area contributed by atoms with Crippen molar-refractivity contribution in [1.82, 2.24) is 0 Å². The van der Waals surface area contributed by atoms with E-state index >= 15 is 0 Å². The van der Waals surface area contributed by atoms with E-state index in [2.05, 4.69) is 6.07 Å². The van der Waals surface area contributed by atoms with E-state index in [1.54, 1.807) is 0 Å². The van der Waals surface area contributed by atoms with Crippen LogP contribution >= 0.6 is 0 Å². The molecule has 0 N–H and O–H groups in total. The van der Waals surface area contributed by atoms with Crippen LogP contribution in [0.3, 0.4) is 0 Å². The SMILES string of the molecule is N#CCCCCCCCCCC(=O)C1CCC(=O)O1. The van der Waals surface area contributed by atoms with Gasteiger partial charge in [0.15, 0.2) is 11.9 Å². The summed E-state index contributed by atoms with van der Waals surface area (Å²) in [6.07, 6.45) is 9.27. The van der Waals surface area contributed by atoms with Gasteiger partial charge in [-0.15, -0.1) is 0 Å². The molecular formula is C15H23NO3. The highest BCUT2D eigenvalue weighted by Crippen LogP contribution is 2.17. The van der Waals surface area contributed by atoms with Crippen LogP contribution in [0, 0.1) is 11.3 Å². The fourth-order valence-electron chi connectivity index (χ4n) is 2.30. The van der Waals surface area contributed by atoms with Crippen molar-refractivity contribution in [1.29, 1.82) is 5.26 Å². The van der Waals surface area contributed by atoms with Gasteiger partial charge >= 0.3 is 5.97 Å². The number of ether oxygens (including phenoxy) is 1. The van der Waals surface area contributed by atoms with Crippen LogP contribution in [0.5, 0.6) is 0 Å². The van der Waals surface area contributed by atoms with Gasteiger partial charge in [-0.3, -0.25) is 9.59 Å². The summed E-state index contributed by atoms with van der Waals surface area (Å²) in [5.74, 6) is -0.157. The molecule has 4 nitrogen and oxygen atoms in total. The van der Waals surface area contributed by atoms with Crippen LogP contribution < -0.4 is 0 Å². The predicted octanol–water partition coefficient (Wildman–Crippen LogP) is 3.30. The van der Waals surface area contributed by atoms with Crippen LogP contribution in [0.25, 0.3) is 0 Å². The number of unbranched alkanes of at least 4 members (excludes halogenated alkanes) is 7. The number of nitrogens with zero attached hydrogens (tertiary/aromatic N) is 1. The number of hydrogen-bond acceptors (Lipinski definition) is 4. The van der Waals surface area contributed by atoms with Crippen molar-refractivity contribution in [3.8, 4) is 6.07 Å². The minimum Gasteiger partial charge on any atom is -0.454 e. The molecule has 1 aliphatic heterocycles. The molecule has 0 bridgehead atoms. The number of ketones is 1. The largest absolute Gasteiger partial charge is 0.454 e. The Kier molecular flexibility index (Phi) is 7.88. The summed E-state index contributed by atoms with van der Waals surface area (Å²) in [6.45, 7) is 0. The van der Waals surface area contributed by atoms with Crippen molar-refractivity contribution < 1.29 is 14.3 Å². The molecule has 0 aromatic carbocycles. The number of carbonyl (C=O) groups is 2. The summed E-state index contributed by atoms with van der Waals surface area (Å²) < 4.78 is 4.94. The number of esters is 1. The molecule has 0 aliphatic carbocycles. The summed E-state index contributed by atoms with van der Waals surface area (Å²) in [7, 11) is 0. The average Bonchev–Trinajstić information content (AvgIpc) is 2.83. The number of Topliss-reactive ketones (excluding diaryl/α,β-unsaturated/α-hetero) is 1. The number of nitriles is 1. The lowest BCUT2D eigenvalue weighted by Gasteiger charge is -2.07. The summed E-state index contributed by atoms with van der Waals surface area (Å²) in [5.41, 5.74) is 0. The fraction of sp³-hybridized carbons (Fsp3) is 0.800. The Bertz CT molecular complexity index is 333. The molecule has 1 fully saturated rings. The smallest absolute Gasteiger partial charge is 0.306 e. The first-order chi connectivity index (χ1) is 9.24. The number of hydrogen-bond donors (Lipinski definition) is 0. The zero-order valence-corrected chi connectivity index (χ0v) is 11.5. The highest BCUT2D eigenvalue weighted by molar-refractivity contribution is 5.87. The van der Waals surface area contributed by atoms with Gasteiger partial charge in [0.2, 0.25) is 0 Å². The molecule has 0 radical (unpaired) electrons. The molecule has 19 heavy (non-hydrogen) atoms. The standard InChI is InChI=1S/C15H23NO3/c16-12-8-6-4-2-1-3-5-7-9-13(17)14-10-11-15(18)19-14/h14H,1-11H2. The molecule has 4 heteroatoms. The fourth-order valence-corrected chi connectivity index (χ4v) is 2.30. The summed E-state index contributed by atoms with van der Waals surface area (Å²) >= 11 is 0. The maximum absolute atomic E-state index is 11.7. The molecule has 0 aromatic heterocycles. The van der Waals surface area contributed by atoms with Gasteiger partial charge in [0.05, 0.1) is 6.07 Å². The number of cyclic esters (lactones) is 1. The zero-order valence-electron chi connectivity index (χ0n) is 11.5. The van der Waals surface area contributed by atoms with Gasteiger partial charge in [-0.25, -0.2) is 0 Å². The summed E-state index contributed by atoms with van der Waals surface area (Å²) in [5, 5.41) is 8.38. The van der Waals surface area contributed by atoms with Gasteiger partial charge in [0.1, 0.15) is 0 Å². The molecule has 1 rings (SSSR count). The third-order valence-electron chi connectivity index (χ3n) is 3.46. The lowest BCUT2D eigenvalue weighted by molar-refractivity contribution is -0.147. The maximum atomic E-state index is 11.7. The number of rotatable bonds is 10. The summed E-state index contributed by atoms with van der Waals surface area (Å²) in [4.78, 5) is 22.6. The Hall–Kier alpha value is -1.37. The van der Waals surface area contributed by atoms with Gasteiger partial charge in [0, 0.05) is 25.7 Å². The van der Waals surface area contributed by atoms with Crippen molar-refractivity contribution in [3.05, 3.63) is 0 Å². The van der Waals surface area contributed by atoms with E-state index in [0.29, 0.717) is 25.7 Å². The zero-order chi connectivity index (χ0) is 13.9. The molecule has 1 unspecified atom stereocenters. The van der Waals surface area contributed by atoms with Crippen LogP contribution in [0.4, 0.5) is 0 Å². The third kappa shape index (κ3) is 6.95. The van der Waals surface area contributed by atoms with E-state index in [0.717, 1.165) is 32.1 Å². The van der Waals surface area contributed by atoms with Crippen LogP contribution in [0.2, 0.25) is 0 Å². The highest BCUT2D eigenvalue weighted by atomic mass is 16.6. The van der Waals surface area contributed by atoms with E-state index in [-0.39, 0.29) is 11.8 Å². The maximum Gasteiger partial charge on any atom is 0.306 e.